The predicted molar refractivity (Wildman–Crippen MR) is 108 cm³/mol. The van der Waals surface area contributed by atoms with Crippen molar-refractivity contribution in [3.05, 3.63) is 41.2 Å². The fourth-order valence-corrected chi connectivity index (χ4v) is 4.22. The summed E-state index contributed by atoms with van der Waals surface area (Å²) in [5.74, 6) is 1.32. The van der Waals surface area contributed by atoms with Gasteiger partial charge in [0.2, 0.25) is 0 Å². The van der Waals surface area contributed by atoms with E-state index < -0.39 is 0 Å². The Balaban J connectivity index is 1.60. The molecule has 1 N–H and O–H groups in total. The zero-order valence-corrected chi connectivity index (χ0v) is 16.9. The molecule has 8 heteroatoms. The number of fused-ring (bicyclic) bond motifs is 1. The van der Waals surface area contributed by atoms with Crippen LogP contribution in [0.4, 0.5) is 0 Å². The lowest BCUT2D eigenvalue weighted by Gasteiger charge is -2.36. The quantitative estimate of drug-likeness (QED) is 0.715. The number of aryl methyl sites for hydroxylation is 2. The van der Waals surface area contributed by atoms with Gasteiger partial charge in [-0.15, -0.1) is 0 Å². The Morgan fingerprint density at radius 2 is 2.24 bits per heavy atom. The molecule has 2 aliphatic rings. The van der Waals surface area contributed by atoms with Crippen LogP contribution in [0.15, 0.2) is 23.0 Å². The molecule has 29 heavy (non-hydrogen) atoms. The van der Waals surface area contributed by atoms with Gasteiger partial charge in [0.05, 0.1) is 16.6 Å². The minimum Gasteiger partial charge on any atom is -0.336 e. The number of hydrogen-bond donors (Lipinski definition) is 1. The van der Waals surface area contributed by atoms with Crippen LogP contribution >= 0.6 is 0 Å². The number of hydrogen-bond acceptors (Lipinski definition) is 6. The van der Waals surface area contributed by atoms with Crippen molar-refractivity contribution < 1.29 is 9.32 Å². The summed E-state index contributed by atoms with van der Waals surface area (Å²) in [6, 6.07) is 1.87. The maximum Gasteiger partial charge on any atom is 0.259 e. The molecule has 1 amide bonds. The molecule has 0 spiro atoms. The van der Waals surface area contributed by atoms with Crippen LogP contribution < -0.4 is 5.32 Å². The Kier molecular flexibility index (Phi) is 4.58. The lowest BCUT2D eigenvalue weighted by atomic mass is 10.0. The summed E-state index contributed by atoms with van der Waals surface area (Å²) in [5.41, 5.74) is 2.93. The van der Waals surface area contributed by atoms with Crippen molar-refractivity contribution in [2.75, 3.05) is 19.6 Å². The van der Waals surface area contributed by atoms with E-state index >= 15 is 0 Å². The smallest absolute Gasteiger partial charge is 0.259 e. The molecule has 1 atom stereocenters. The maximum absolute atomic E-state index is 13.8. The van der Waals surface area contributed by atoms with Crippen molar-refractivity contribution in [3.8, 4) is 0 Å². The lowest BCUT2D eigenvalue weighted by molar-refractivity contribution is 0.0622. The number of carbonyl (C=O) groups excluding carboxylic acids is 1. The second kappa shape index (κ2) is 7.26. The van der Waals surface area contributed by atoms with Gasteiger partial charge < -0.3 is 19.3 Å². The molecule has 1 saturated heterocycles. The van der Waals surface area contributed by atoms with Crippen LogP contribution in [-0.4, -0.2) is 50.1 Å². The van der Waals surface area contributed by atoms with E-state index in [9.17, 15) is 4.79 Å². The fraction of sp³-hybridized carbons (Fsp3) is 0.524. The Hall–Kier alpha value is -2.74. The zero-order valence-electron chi connectivity index (χ0n) is 16.9. The number of carbonyl (C=O) groups is 1. The molecule has 1 aliphatic carbocycles. The Labute approximate surface area is 169 Å². The molecule has 0 aromatic carbocycles. The van der Waals surface area contributed by atoms with Crippen molar-refractivity contribution in [3.63, 3.8) is 0 Å². The van der Waals surface area contributed by atoms with Gasteiger partial charge in [-0.1, -0.05) is 18.5 Å². The summed E-state index contributed by atoms with van der Waals surface area (Å²) in [7, 11) is 1.97. The first-order valence-corrected chi connectivity index (χ1v) is 10.5. The number of nitrogens with one attached hydrogen (secondary N) is 1. The molecule has 152 valence electrons. The summed E-state index contributed by atoms with van der Waals surface area (Å²) >= 11 is 0. The van der Waals surface area contributed by atoms with E-state index in [2.05, 4.69) is 27.4 Å². The first kappa shape index (κ1) is 18.3. The molecule has 1 aliphatic heterocycles. The molecule has 4 heterocycles. The molecule has 0 radical (unpaired) electrons. The van der Waals surface area contributed by atoms with Crippen LogP contribution in [0.25, 0.3) is 11.1 Å². The standard InChI is InChI=1S/C21H26N6O2/c1-3-4-15-18-14(11-16(13-5-6-13)24-20(18)29-25-15)21(28)27-10-7-22-12-17(27)19-23-8-9-26(19)2/h8-9,11,13,17,22H,3-7,10,12H2,1-2H3. The number of rotatable bonds is 5. The topological polar surface area (TPSA) is 89.1 Å². The number of imidazole rings is 1. The highest BCUT2D eigenvalue weighted by Gasteiger charge is 2.34. The van der Waals surface area contributed by atoms with Gasteiger partial charge in [-0.3, -0.25) is 4.79 Å². The van der Waals surface area contributed by atoms with Crippen LogP contribution in [0, 0.1) is 0 Å². The number of amides is 1. The van der Waals surface area contributed by atoms with Crippen molar-refractivity contribution in [1.29, 1.82) is 0 Å². The summed E-state index contributed by atoms with van der Waals surface area (Å²) < 4.78 is 7.54. The summed E-state index contributed by atoms with van der Waals surface area (Å²) in [6.45, 7) is 4.18. The molecule has 5 rings (SSSR count). The average molecular weight is 394 g/mol. The molecule has 3 aromatic rings. The van der Waals surface area contributed by atoms with E-state index in [1.807, 2.05) is 28.8 Å². The minimum atomic E-state index is -0.113. The van der Waals surface area contributed by atoms with Crippen molar-refractivity contribution in [1.82, 2.24) is 29.9 Å². The van der Waals surface area contributed by atoms with Gasteiger partial charge in [-0.2, -0.15) is 0 Å². The Morgan fingerprint density at radius 1 is 1.38 bits per heavy atom. The Bertz CT molecular complexity index is 1050. The number of pyridine rings is 1. The van der Waals surface area contributed by atoms with Crippen LogP contribution in [0.1, 0.15) is 65.7 Å². The molecule has 8 nitrogen and oxygen atoms in total. The van der Waals surface area contributed by atoms with E-state index in [1.54, 1.807) is 6.20 Å². The van der Waals surface area contributed by atoms with Gasteiger partial charge in [-0.25, -0.2) is 9.97 Å². The molecule has 1 saturated carbocycles. The second-order valence-corrected chi connectivity index (χ2v) is 8.04. The molecule has 0 bridgehead atoms. The average Bonchev–Trinajstić information content (AvgIpc) is 3.39. The zero-order chi connectivity index (χ0) is 20.0. The van der Waals surface area contributed by atoms with E-state index in [-0.39, 0.29) is 11.9 Å². The monoisotopic (exact) mass is 394 g/mol. The van der Waals surface area contributed by atoms with Gasteiger partial charge >= 0.3 is 0 Å². The minimum absolute atomic E-state index is 0.00866. The Morgan fingerprint density at radius 3 is 2.97 bits per heavy atom. The highest BCUT2D eigenvalue weighted by Crippen LogP contribution is 2.41. The van der Waals surface area contributed by atoms with Crippen molar-refractivity contribution in [2.24, 2.45) is 7.05 Å². The van der Waals surface area contributed by atoms with Crippen LogP contribution in [0.2, 0.25) is 0 Å². The molecular formula is C21H26N6O2. The van der Waals surface area contributed by atoms with Crippen molar-refractivity contribution >= 4 is 17.0 Å². The third-order valence-corrected chi connectivity index (χ3v) is 5.91. The maximum atomic E-state index is 13.8. The predicted octanol–water partition coefficient (Wildman–Crippen LogP) is 2.57. The highest BCUT2D eigenvalue weighted by molar-refractivity contribution is 6.06. The molecule has 3 aromatic heterocycles. The van der Waals surface area contributed by atoms with E-state index in [0.717, 1.165) is 54.8 Å². The lowest BCUT2D eigenvalue weighted by Crippen LogP contribution is -2.49. The van der Waals surface area contributed by atoms with Gasteiger partial charge in [0.15, 0.2) is 0 Å². The van der Waals surface area contributed by atoms with Crippen LogP contribution in [-0.2, 0) is 13.5 Å². The van der Waals surface area contributed by atoms with Crippen molar-refractivity contribution in [2.45, 2.75) is 44.6 Å². The van der Waals surface area contributed by atoms with E-state index in [0.29, 0.717) is 30.3 Å². The third-order valence-electron chi connectivity index (χ3n) is 5.91. The van der Waals surface area contributed by atoms with Gasteiger partial charge in [0, 0.05) is 50.7 Å². The SMILES string of the molecule is CCCc1noc2nc(C3CC3)cc(C(=O)N3CCNCC3c3nccn3C)c12. The first-order valence-electron chi connectivity index (χ1n) is 10.5. The van der Waals surface area contributed by atoms with Crippen LogP contribution in [0.5, 0.6) is 0 Å². The van der Waals surface area contributed by atoms with Gasteiger partial charge in [-0.05, 0) is 25.3 Å². The van der Waals surface area contributed by atoms with E-state index in [1.165, 1.54) is 0 Å². The van der Waals surface area contributed by atoms with Gasteiger partial charge in [0.1, 0.15) is 11.9 Å². The molecular weight excluding hydrogens is 368 g/mol. The normalized spacial score (nSPS) is 19.8. The highest BCUT2D eigenvalue weighted by atomic mass is 16.5. The summed E-state index contributed by atoms with van der Waals surface area (Å²) in [4.78, 5) is 25.0. The largest absolute Gasteiger partial charge is 0.336 e. The second-order valence-electron chi connectivity index (χ2n) is 8.04. The van der Waals surface area contributed by atoms with E-state index in [4.69, 9.17) is 4.52 Å². The number of piperazine rings is 1. The molecule has 1 unspecified atom stereocenters. The number of aromatic nitrogens is 4. The van der Waals surface area contributed by atoms with Crippen LogP contribution in [0.3, 0.4) is 0 Å². The third kappa shape index (κ3) is 3.21. The molecule has 2 fully saturated rings. The fourth-order valence-electron chi connectivity index (χ4n) is 4.22. The number of nitrogens with zero attached hydrogens (tertiary/aromatic N) is 5. The van der Waals surface area contributed by atoms with Gasteiger partial charge in [0.25, 0.3) is 11.6 Å². The first-order chi connectivity index (χ1) is 14.2. The summed E-state index contributed by atoms with van der Waals surface area (Å²) in [5, 5.41) is 8.42. The summed E-state index contributed by atoms with van der Waals surface area (Å²) in [6.07, 6.45) is 7.63.